The number of amides is 1. The van der Waals surface area contributed by atoms with Gasteiger partial charge in [-0.1, -0.05) is 50.9 Å². The van der Waals surface area contributed by atoms with Gasteiger partial charge in [-0.2, -0.15) is 0 Å². The standard InChI is InChI=1S/C10H13NO2S.C2H6.H2/c1-4-6-9(5-2)14-10(13)7-11-8(3)12;1-2;/h4-6H,1-2,7H2,3H3,(H,11,12);1-2H3;1H/b9-6+;;. The Morgan fingerprint density at radius 3 is 2.31 bits per heavy atom. The second kappa shape index (κ2) is 11.8. The van der Waals surface area contributed by atoms with Crippen LogP contribution in [0.15, 0.2) is 36.3 Å². The molecule has 0 aliphatic heterocycles. The molecular formula is C12H21NO2S. The lowest BCUT2D eigenvalue weighted by Gasteiger charge is -2.01. The van der Waals surface area contributed by atoms with E-state index in [-0.39, 0.29) is 19.0 Å². The van der Waals surface area contributed by atoms with Crippen LogP contribution in [-0.4, -0.2) is 17.6 Å². The number of nitrogens with one attached hydrogen (secondary N) is 1. The van der Waals surface area contributed by atoms with E-state index in [1.165, 1.54) is 6.92 Å². The average molecular weight is 243 g/mol. The third kappa shape index (κ3) is 10.8. The van der Waals surface area contributed by atoms with Crippen LogP contribution in [-0.2, 0) is 9.59 Å². The van der Waals surface area contributed by atoms with Crippen molar-refractivity contribution in [2.24, 2.45) is 0 Å². The van der Waals surface area contributed by atoms with Crippen LogP contribution in [0, 0.1) is 0 Å². The zero-order valence-electron chi connectivity index (χ0n) is 10.1. The van der Waals surface area contributed by atoms with E-state index in [1.807, 2.05) is 13.8 Å². The zero-order chi connectivity index (χ0) is 13.0. The molecule has 0 bridgehead atoms. The summed E-state index contributed by atoms with van der Waals surface area (Å²) in [6.07, 6.45) is 4.83. The number of rotatable bonds is 5. The third-order valence-electron chi connectivity index (χ3n) is 1.20. The Morgan fingerprint density at radius 2 is 1.94 bits per heavy atom. The zero-order valence-corrected chi connectivity index (χ0v) is 10.9. The lowest BCUT2D eigenvalue weighted by Crippen LogP contribution is -2.25. The highest BCUT2D eigenvalue weighted by molar-refractivity contribution is 8.17. The molecule has 1 N–H and O–H groups in total. The topological polar surface area (TPSA) is 46.2 Å². The minimum Gasteiger partial charge on any atom is -0.348 e. The minimum absolute atomic E-state index is 0. The summed E-state index contributed by atoms with van der Waals surface area (Å²) in [7, 11) is 0. The fourth-order valence-electron chi connectivity index (χ4n) is 0.624. The summed E-state index contributed by atoms with van der Waals surface area (Å²) in [5.74, 6) is -0.216. The lowest BCUT2D eigenvalue weighted by molar-refractivity contribution is -0.121. The maximum absolute atomic E-state index is 11.2. The second-order valence-corrected chi connectivity index (χ2v) is 3.52. The molecule has 0 fully saturated rings. The van der Waals surface area contributed by atoms with Crippen molar-refractivity contribution < 1.29 is 11.0 Å². The van der Waals surface area contributed by atoms with Crippen molar-refractivity contribution in [3.63, 3.8) is 0 Å². The van der Waals surface area contributed by atoms with Crippen molar-refractivity contribution in [3.05, 3.63) is 36.3 Å². The summed E-state index contributed by atoms with van der Waals surface area (Å²) in [6, 6.07) is 0. The Bertz CT molecular complexity index is 288. The van der Waals surface area contributed by atoms with E-state index in [1.54, 1.807) is 18.2 Å². The number of carbonyl (C=O) groups is 2. The van der Waals surface area contributed by atoms with Gasteiger partial charge >= 0.3 is 0 Å². The quantitative estimate of drug-likeness (QED) is 0.755. The Balaban J connectivity index is -0.000000616. The first kappa shape index (κ1) is 17.1. The van der Waals surface area contributed by atoms with Crippen molar-refractivity contribution >= 4 is 22.8 Å². The predicted molar refractivity (Wildman–Crippen MR) is 73.2 cm³/mol. The Kier molecular flexibility index (Phi) is 12.6. The highest BCUT2D eigenvalue weighted by Crippen LogP contribution is 2.16. The van der Waals surface area contributed by atoms with Crippen LogP contribution in [0.4, 0.5) is 0 Å². The van der Waals surface area contributed by atoms with Crippen LogP contribution in [0.1, 0.15) is 22.2 Å². The molecule has 16 heavy (non-hydrogen) atoms. The smallest absolute Gasteiger partial charge is 0.217 e. The van der Waals surface area contributed by atoms with Crippen LogP contribution in [0.25, 0.3) is 0 Å². The summed E-state index contributed by atoms with van der Waals surface area (Å²) in [6.45, 7) is 12.5. The van der Waals surface area contributed by atoms with E-state index < -0.39 is 0 Å². The maximum atomic E-state index is 11.2. The predicted octanol–water partition coefficient (Wildman–Crippen LogP) is 2.91. The summed E-state index contributed by atoms with van der Waals surface area (Å²) in [4.78, 5) is 22.4. The summed E-state index contributed by atoms with van der Waals surface area (Å²) < 4.78 is 0. The van der Waals surface area contributed by atoms with Gasteiger partial charge in [0.2, 0.25) is 11.0 Å². The Labute approximate surface area is 103 Å². The number of allylic oxidation sites excluding steroid dienone is 3. The molecule has 0 aromatic carbocycles. The molecule has 92 valence electrons. The molecule has 0 saturated heterocycles. The minimum atomic E-state index is -0.216. The molecule has 0 aliphatic rings. The van der Waals surface area contributed by atoms with Gasteiger partial charge in [0.15, 0.2) is 0 Å². The fourth-order valence-corrected chi connectivity index (χ4v) is 1.28. The van der Waals surface area contributed by atoms with Crippen molar-refractivity contribution in [1.82, 2.24) is 5.32 Å². The molecule has 0 aromatic rings. The monoisotopic (exact) mass is 243 g/mol. The van der Waals surface area contributed by atoms with Crippen LogP contribution in [0.5, 0.6) is 0 Å². The third-order valence-corrected chi connectivity index (χ3v) is 2.11. The highest BCUT2D eigenvalue weighted by atomic mass is 32.2. The molecule has 0 rings (SSSR count). The normalized spacial score (nSPS) is 9.56. The molecule has 0 radical (unpaired) electrons. The molecular weight excluding hydrogens is 222 g/mol. The van der Waals surface area contributed by atoms with Gasteiger partial charge in [-0.05, 0) is 6.08 Å². The van der Waals surface area contributed by atoms with Crippen molar-refractivity contribution in [3.8, 4) is 0 Å². The molecule has 1 amide bonds. The molecule has 0 saturated carbocycles. The van der Waals surface area contributed by atoms with E-state index in [2.05, 4.69) is 18.5 Å². The van der Waals surface area contributed by atoms with Crippen LogP contribution in [0.3, 0.4) is 0 Å². The SMILES string of the molecule is C=C/C=C(\C=C)SC(=O)CNC(C)=O.CC.[HH]. The Morgan fingerprint density at radius 1 is 1.38 bits per heavy atom. The van der Waals surface area contributed by atoms with Crippen molar-refractivity contribution in [1.29, 1.82) is 0 Å². The first-order valence-electron chi connectivity index (χ1n) is 5.00. The highest BCUT2D eigenvalue weighted by Gasteiger charge is 2.04. The molecule has 0 heterocycles. The molecule has 3 nitrogen and oxygen atoms in total. The Hall–Kier alpha value is -1.29. The first-order valence-corrected chi connectivity index (χ1v) is 5.82. The number of hydrogen-bond acceptors (Lipinski definition) is 3. The summed E-state index contributed by atoms with van der Waals surface area (Å²) in [5.41, 5.74) is 0. The number of thioether (sulfide) groups is 1. The number of carbonyl (C=O) groups excluding carboxylic acids is 2. The summed E-state index contributed by atoms with van der Waals surface area (Å²) >= 11 is 1.03. The van der Waals surface area contributed by atoms with Gasteiger partial charge in [0.1, 0.15) is 0 Å². The van der Waals surface area contributed by atoms with Gasteiger partial charge in [-0.3, -0.25) is 9.59 Å². The molecule has 0 aromatic heterocycles. The van der Waals surface area contributed by atoms with Crippen LogP contribution < -0.4 is 5.32 Å². The molecule has 0 unspecified atom stereocenters. The van der Waals surface area contributed by atoms with Gasteiger partial charge in [-0.25, -0.2) is 0 Å². The van der Waals surface area contributed by atoms with Gasteiger partial charge < -0.3 is 5.32 Å². The van der Waals surface area contributed by atoms with E-state index in [0.717, 1.165) is 16.7 Å². The number of hydrogen-bond donors (Lipinski definition) is 1. The second-order valence-electron chi connectivity index (χ2n) is 2.39. The first-order chi connectivity index (χ1) is 7.60. The van der Waals surface area contributed by atoms with Crippen molar-refractivity contribution in [2.45, 2.75) is 20.8 Å². The maximum Gasteiger partial charge on any atom is 0.217 e. The van der Waals surface area contributed by atoms with Gasteiger partial charge in [0, 0.05) is 13.3 Å². The van der Waals surface area contributed by atoms with Gasteiger partial charge in [0.25, 0.3) is 0 Å². The summed E-state index contributed by atoms with van der Waals surface area (Å²) in [5, 5.41) is 2.29. The van der Waals surface area contributed by atoms with E-state index >= 15 is 0 Å². The van der Waals surface area contributed by atoms with E-state index in [4.69, 9.17) is 0 Å². The van der Waals surface area contributed by atoms with Gasteiger partial charge in [0.05, 0.1) is 6.54 Å². The largest absolute Gasteiger partial charge is 0.348 e. The van der Waals surface area contributed by atoms with Crippen LogP contribution in [0.2, 0.25) is 0 Å². The molecule has 4 heteroatoms. The average Bonchev–Trinajstić information content (AvgIpc) is 2.28. The van der Waals surface area contributed by atoms with Gasteiger partial charge in [-0.15, -0.1) is 0 Å². The van der Waals surface area contributed by atoms with Crippen LogP contribution >= 0.6 is 11.8 Å². The van der Waals surface area contributed by atoms with E-state index in [0.29, 0.717) is 0 Å². The lowest BCUT2D eigenvalue weighted by atomic mass is 10.5. The fraction of sp³-hybridized carbons (Fsp3) is 0.333. The van der Waals surface area contributed by atoms with E-state index in [9.17, 15) is 9.59 Å². The molecule has 0 spiro atoms. The van der Waals surface area contributed by atoms with Crippen molar-refractivity contribution in [2.75, 3.05) is 6.54 Å². The molecule has 0 atom stereocenters. The molecule has 0 aliphatic carbocycles.